The van der Waals surface area contributed by atoms with Crippen molar-refractivity contribution in [3.05, 3.63) is 64.1 Å². The number of ether oxygens (including phenoxy) is 1. The fourth-order valence-corrected chi connectivity index (χ4v) is 4.33. The lowest BCUT2D eigenvalue weighted by atomic mass is 10.2. The monoisotopic (exact) mass is 437 g/mol. The van der Waals surface area contributed by atoms with E-state index in [1.54, 1.807) is 24.1 Å². The number of methoxy groups -OCH3 is 1. The lowest BCUT2D eigenvalue weighted by Gasteiger charge is -2.26. The van der Waals surface area contributed by atoms with Crippen molar-refractivity contribution in [1.82, 2.24) is 9.88 Å². The van der Waals surface area contributed by atoms with Crippen LogP contribution in [-0.4, -0.2) is 41.9 Å². The highest BCUT2D eigenvalue weighted by Crippen LogP contribution is 2.27. The number of thiazole rings is 1. The average Bonchev–Trinajstić information content (AvgIpc) is 3.23. The first-order valence-corrected chi connectivity index (χ1v) is 10.7. The van der Waals surface area contributed by atoms with E-state index < -0.39 is 0 Å². The third kappa shape index (κ3) is 4.77. The van der Waals surface area contributed by atoms with Gasteiger partial charge in [-0.05, 0) is 24.3 Å². The minimum Gasteiger partial charge on any atom is -0.497 e. The number of nitrogens with zero attached hydrogens (tertiary/aromatic N) is 2. The zero-order valence-electron chi connectivity index (χ0n) is 17.1. The molecule has 0 unspecified atom stereocenters. The second-order valence-electron chi connectivity index (χ2n) is 7.08. The molecule has 0 radical (unpaired) electrons. The van der Waals surface area contributed by atoms with E-state index in [2.05, 4.69) is 15.6 Å². The molecule has 0 fully saturated rings. The molecule has 9 heteroatoms. The predicted molar refractivity (Wildman–Crippen MR) is 122 cm³/mol. The van der Waals surface area contributed by atoms with Crippen LogP contribution in [0.1, 0.15) is 20.4 Å². The van der Waals surface area contributed by atoms with Crippen LogP contribution < -0.4 is 21.1 Å². The maximum absolute atomic E-state index is 12.7. The molecule has 0 spiro atoms. The highest BCUT2D eigenvalue weighted by molar-refractivity contribution is 7.13. The minimum atomic E-state index is -0.296. The Bertz CT molecular complexity index is 1110. The fourth-order valence-electron chi connectivity index (χ4n) is 3.31. The average molecular weight is 438 g/mol. The van der Waals surface area contributed by atoms with E-state index in [9.17, 15) is 9.59 Å². The van der Waals surface area contributed by atoms with Gasteiger partial charge >= 0.3 is 0 Å². The molecule has 2 heterocycles. The Balaban J connectivity index is 1.37. The lowest BCUT2D eigenvalue weighted by molar-refractivity contribution is -0.130. The number of para-hydroxylation sites is 2. The van der Waals surface area contributed by atoms with E-state index in [0.29, 0.717) is 35.9 Å². The molecule has 0 saturated carbocycles. The SMILES string of the molecule is COc1cccc(NCC(=O)N2CCc3nc(C(=O)Nc4ccccc4N)sc3C2)c1. The number of rotatable bonds is 6. The van der Waals surface area contributed by atoms with Crippen LogP contribution in [0.25, 0.3) is 0 Å². The van der Waals surface area contributed by atoms with Gasteiger partial charge in [-0.2, -0.15) is 0 Å². The summed E-state index contributed by atoms with van der Waals surface area (Å²) in [4.78, 5) is 32.5. The number of nitrogen functional groups attached to an aromatic ring is 1. The molecule has 0 saturated heterocycles. The summed E-state index contributed by atoms with van der Waals surface area (Å²) in [5, 5.41) is 6.31. The minimum absolute atomic E-state index is 0.00932. The van der Waals surface area contributed by atoms with Gasteiger partial charge in [0.05, 0.1) is 37.3 Å². The molecule has 1 aliphatic heterocycles. The number of amides is 2. The second-order valence-corrected chi connectivity index (χ2v) is 8.16. The van der Waals surface area contributed by atoms with Gasteiger partial charge < -0.3 is 26.0 Å². The number of aromatic nitrogens is 1. The Hall–Kier alpha value is -3.59. The largest absolute Gasteiger partial charge is 0.497 e. The Morgan fingerprint density at radius 3 is 2.87 bits per heavy atom. The molecule has 0 aliphatic carbocycles. The molecule has 1 aromatic heterocycles. The quantitative estimate of drug-likeness (QED) is 0.512. The van der Waals surface area contributed by atoms with Gasteiger partial charge in [0.2, 0.25) is 5.91 Å². The standard InChI is InChI=1S/C22H23N5O3S/c1-30-15-6-4-5-14(11-15)24-12-20(28)27-10-9-18-19(13-27)31-22(26-18)21(29)25-17-8-3-2-7-16(17)23/h2-8,11,24H,9-10,12-13,23H2,1H3,(H,25,29). The van der Waals surface area contributed by atoms with E-state index in [1.165, 1.54) is 11.3 Å². The smallest absolute Gasteiger partial charge is 0.284 e. The number of carbonyl (C=O) groups excluding carboxylic acids is 2. The number of nitrogens with two attached hydrogens (primary N) is 1. The number of fused-ring (bicyclic) bond motifs is 1. The van der Waals surface area contributed by atoms with Crippen molar-refractivity contribution >= 4 is 40.2 Å². The summed E-state index contributed by atoms with van der Waals surface area (Å²) in [5.74, 6) is 0.424. The van der Waals surface area contributed by atoms with Crippen LogP contribution in [0.15, 0.2) is 48.5 Å². The van der Waals surface area contributed by atoms with Crippen molar-refractivity contribution in [3.8, 4) is 5.75 Å². The normalized spacial score (nSPS) is 12.7. The molecule has 4 rings (SSSR count). The molecule has 0 atom stereocenters. The van der Waals surface area contributed by atoms with Crippen LogP contribution in [0, 0.1) is 0 Å². The van der Waals surface area contributed by atoms with Gasteiger partial charge in [0.15, 0.2) is 5.01 Å². The highest BCUT2D eigenvalue weighted by atomic mass is 32.1. The summed E-state index contributed by atoms with van der Waals surface area (Å²) in [7, 11) is 1.61. The molecule has 1 aliphatic rings. The number of hydrogen-bond donors (Lipinski definition) is 3. The number of carbonyl (C=O) groups is 2. The third-order valence-electron chi connectivity index (χ3n) is 5.00. The summed E-state index contributed by atoms with van der Waals surface area (Å²) < 4.78 is 5.20. The van der Waals surface area contributed by atoms with E-state index in [4.69, 9.17) is 10.5 Å². The molecule has 8 nitrogen and oxygen atoms in total. The van der Waals surface area contributed by atoms with Crippen molar-refractivity contribution in [2.24, 2.45) is 0 Å². The highest BCUT2D eigenvalue weighted by Gasteiger charge is 2.25. The molecular weight excluding hydrogens is 414 g/mol. The summed E-state index contributed by atoms with van der Waals surface area (Å²) in [6.45, 7) is 1.20. The molecule has 2 amide bonds. The number of anilines is 3. The van der Waals surface area contributed by atoms with Gasteiger partial charge in [-0.15, -0.1) is 11.3 Å². The lowest BCUT2D eigenvalue weighted by Crippen LogP contribution is -2.38. The van der Waals surface area contributed by atoms with Gasteiger partial charge in [0.25, 0.3) is 5.91 Å². The molecule has 3 aromatic rings. The topological polar surface area (TPSA) is 110 Å². The van der Waals surface area contributed by atoms with Crippen molar-refractivity contribution in [2.45, 2.75) is 13.0 Å². The Kier molecular flexibility index (Phi) is 6.03. The molecule has 31 heavy (non-hydrogen) atoms. The van der Waals surface area contributed by atoms with Crippen LogP contribution in [0.4, 0.5) is 17.1 Å². The number of nitrogens with one attached hydrogen (secondary N) is 2. The van der Waals surface area contributed by atoms with Gasteiger partial charge in [-0.25, -0.2) is 4.98 Å². The maximum Gasteiger partial charge on any atom is 0.284 e. The van der Waals surface area contributed by atoms with E-state index in [0.717, 1.165) is 22.0 Å². The van der Waals surface area contributed by atoms with Crippen molar-refractivity contribution < 1.29 is 14.3 Å². The third-order valence-corrected chi connectivity index (χ3v) is 6.08. The molecule has 0 bridgehead atoms. The molecule has 160 valence electrons. The molecular formula is C22H23N5O3S. The van der Waals surface area contributed by atoms with E-state index in [1.807, 2.05) is 36.4 Å². The van der Waals surface area contributed by atoms with Gasteiger partial charge in [-0.3, -0.25) is 9.59 Å². The van der Waals surface area contributed by atoms with Crippen molar-refractivity contribution in [1.29, 1.82) is 0 Å². The fraction of sp³-hybridized carbons (Fsp3) is 0.227. The summed E-state index contributed by atoms with van der Waals surface area (Å²) >= 11 is 1.31. The van der Waals surface area contributed by atoms with Crippen LogP contribution in [0.3, 0.4) is 0 Å². The Labute approximate surface area is 184 Å². The summed E-state index contributed by atoms with van der Waals surface area (Å²) in [5.41, 5.74) is 8.65. The first-order chi connectivity index (χ1) is 15.0. The van der Waals surface area contributed by atoms with Crippen molar-refractivity contribution in [3.63, 3.8) is 0 Å². The number of hydrogen-bond acceptors (Lipinski definition) is 7. The Morgan fingerprint density at radius 2 is 2.06 bits per heavy atom. The molecule has 4 N–H and O–H groups in total. The van der Waals surface area contributed by atoms with Crippen LogP contribution >= 0.6 is 11.3 Å². The first-order valence-electron chi connectivity index (χ1n) is 9.83. The van der Waals surface area contributed by atoms with Gasteiger partial charge in [0, 0.05) is 29.6 Å². The maximum atomic E-state index is 12.7. The van der Waals surface area contributed by atoms with Crippen LogP contribution in [-0.2, 0) is 17.8 Å². The predicted octanol–water partition coefficient (Wildman–Crippen LogP) is 2.98. The van der Waals surface area contributed by atoms with Gasteiger partial charge in [0.1, 0.15) is 5.75 Å². The second kappa shape index (κ2) is 9.05. The van der Waals surface area contributed by atoms with Gasteiger partial charge in [-0.1, -0.05) is 18.2 Å². The summed E-state index contributed by atoms with van der Waals surface area (Å²) in [6, 6.07) is 14.5. The van der Waals surface area contributed by atoms with E-state index in [-0.39, 0.29) is 18.4 Å². The van der Waals surface area contributed by atoms with E-state index >= 15 is 0 Å². The number of benzene rings is 2. The Morgan fingerprint density at radius 1 is 1.23 bits per heavy atom. The van der Waals surface area contributed by atoms with Crippen LogP contribution in [0.2, 0.25) is 0 Å². The first kappa shape index (κ1) is 20.7. The van der Waals surface area contributed by atoms with Crippen molar-refractivity contribution in [2.75, 3.05) is 36.6 Å². The summed E-state index contributed by atoms with van der Waals surface area (Å²) in [6.07, 6.45) is 0.623. The van der Waals surface area contributed by atoms with Crippen LogP contribution in [0.5, 0.6) is 5.75 Å². The molecule has 2 aromatic carbocycles. The zero-order chi connectivity index (χ0) is 21.8. The zero-order valence-corrected chi connectivity index (χ0v) is 17.9.